The van der Waals surface area contributed by atoms with Gasteiger partial charge in [-0.15, -0.1) is 0 Å². The van der Waals surface area contributed by atoms with E-state index in [4.69, 9.17) is 28.2 Å². The third kappa shape index (κ3) is 4.77. The number of rotatable bonds is 4. The van der Waals surface area contributed by atoms with E-state index in [0.29, 0.717) is 21.5 Å². The molecule has 0 N–H and O–H groups in total. The van der Waals surface area contributed by atoms with Gasteiger partial charge in [-0.25, -0.2) is 0 Å². The lowest BCUT2D eigenvalue weighted by Gasteiger charge is -2.14. The molecule has 32 heavy (non-hydrogen) atoms. The van der Waals surface area contributed by atoms with Crippen molar-refractivity contribution in [2.45, 2.75) is 19.6 Å². The van der Waals surface area contributed by atoms with Crippen molar-refractivity contribution in [3.05, 3.63) is 87.0 Å². The Morgan fingerprint density at radius 1 is 1.12 bits per heavy atom. The number of hydrogen-bond acceptors (Lipinski definition) is 4. The Kier molecular flexibility index (Phi) is 6.20. The number of halogens is 4. The summed E-state index contributed by atoms with van der Waals surface area (Å²) in [6, 6.07) is 14.5. The molecule has 9 heteroatoms. The van der Waals surface area contributed by atoms with Gasteiger partial charge in [0.1, 0.15) is 15.8 Å². The molecule has 164 valence electrons. The Morgan fingerprint density at radius 2 is 1.84 bits per heavy atom. The lowest BCUT2D eigenvalue weighted by atomic mass is 10.1. The minimum absolute atomic E-state index is 0.230. The van der Waals surface area contributed by atoms with Crippen LogP contribution in [-0.2, 0) is 17.5 Å². The lowest BCUT2D eigenvalue weighted by molar-refractivity contribution is -0.137. The molecule has 0 atom stereocenters. The molecule has 0 unspecified atom stereocenters. The van der Waals surface area contributed by atoms with Gasteiger partial charge in [-0.2, -0.15) is 13.2 Å². The molecule has 3 aromatic rings. The van der Waals surface area contributed by atoms with Gasteiger partial charge in [0.2, 0.25) is 0 Å². The summed E-state index contributed by atoms with van der Waals surface area (Å²) in [4.78, 5) is 14.7. The molecule has 0 aliphatic carbocycles. The number of carbonyl (C=O) groups excluding carboxylic acids is 1. The van der Waals surface area contributed by atoms with Crippen LogP contribution in [0.25, 0.3) is 17.4 Å². The molecule has 0 saturated carbocycles. The summed E-state index contributed by atoms with van der Waals surface area (Å²) in [5.41, 5.74) is 1.37. The van der Waals surface area contributed by atoms with Crippen molar-refractivity contribution in [3.8, 4) is 11.3 Å². The summed E-state index contributed by atoms with van der Waals surface area (Å²) >= 11 is 12.2. The van der Waals surface area contributed by atoms with Crippen molar-refractivity contribution in [1.82, 2.24) is 4.90 Å². The molecule has 1 aliphatic rings. The SMILES string of the molecule is Cc1ccc(CN2C(=O)/C(=C/c3ccc(-c4ccc(Cl)c(C(F)(F)F)c4)o3)SC2=S)cc1. The highest BCUT2D eigenvalue weighted by Gasteiger charge is 2.34. The minimum Gasteiger partial charge on any atom is -0.457 e. The second-order valence-corrected chi connectivity index (χ2v) is 9.23. The largest absolute Gasteiger partial charge is 0.457 e. The fourth-order valence-corrected chi connectivity index (χ4v) is 4.58. The Hall–Kier alpha value is -2.55. The Labute approximate surface area is 196 Å². The quantitative estimate of drug-likeness (QED) is 0.281. The smallest absolute Gasteiger partial charge is 0.417 e. The molecule has 0 radical (unpaired) electrons. The van der Waals surface area contributed by atoms with Crippen LogP contribution in [0.15, 0.2) is 63.9 Å². The molecular formula is C23H15ClF3NO2S2. The molecule has 1 aliphatic heterocycles. The summed E-state index contributed by atoms with van der Waals surface area (Å²) in [6.07, 6.45) is -3.04. The normalized spacial score (nSPS) is 15.8. The lowest BCUT2D eigenvalue weighted by Crippen LogP contribution is -2.27. The molecule has 2 heterocycles. The number of hydrogen-bond donors (Lipinski definition) is 0. The van der Waals surface area contributed by atoms with E-state index in [1.54, 1.807) is 18.2 Å². The van der Waals surface area contributed by atoms with Crippen molar-refractivity contribution < 1.29 is 22.4 Å². The van der Waals surface area contributed by atoms with Gasteiger partial charge >= 0.3 is 6.18 Å². The maximum absolute atomic E-state index is 13.1. The van der Waals surface area contributed by atoms with Gasteiger partial charge in [-0.05, 0) is 42.8 Å². The van der Waals surface area contributed by atoms with Crippen molar-refractivity contribution in [2.75, 3.05) is 0 Å². The number of furan rings is 1. The number of benzene rings is 2. The highest BCUT2D eigenvalue weighted by atomic mass is 35.5. The van der Waals surface area contributed by atoms with Crippen LogP contribution in [0.4, 0.5) is 13.2 Å². The van der Waals surface area contributed by atoms with Gasteiger partial charge in [0.05, 0.1) is 22.0 Å². The highest BCUT2D eigenvalue weighted by Crippen LogP contribution is 2.38. The van der Waals surface area contributed by atoms with Crippen molar-refractivity contribution in [2.24, 2.45) is 0 Å². The van der Waals surface area contributed by atoms with Crippen LogP contribution in [0.3, 0.4) is 0 Å². The number of thioether (sulfide) groups is 1. The van der Waals surface area contributed by atoms with Crippen LogP contribution >= 0.6 is 35.6 Å². The Morgan fingerprint density at radius 3 is 2.53 bits per heavy atom. The molecule has 1 amide bonds. The predicted molar refractivity (Wildman–Crippen MR) is 124 cm³/mol. The monoisotopic (exact) mass is 493 g/mol. The van der Waals surface area contributed by atoms with Gasteiger partial charge in [0.25, 0.3) is 5.91 Å². The second-order valence-electron chi connectivity index (χ2n) is 7.15. The second kappa shape index (κ2) is 8.77. The summed E-state index contributed by atoms with van der Waals surface area (Å²) in [6.45, 7) is 2.34. The standard InChI is InChI=1S/C23H15ClF3NO2S2/c1-13-2-4-14(5-3-13)12-28-21(29)20(32-22(28)31)11-16-7-9-19(30-16)15-6-8-18(24)17(10-15)23(25,26)27/h2-11H,12H2,1H3/b20-11-. The van der Waals surface area contributed by atoms with Crippen molar-refractivity contribution in [3.63, 3.8) is 0 Å². The van der Waals surface area contributed by atoms with E-state index in [-0.39, 0.29) is 22.3 Å². The van der Waals surface area contributed by atoms with E-state index < -0.39 is 11.7 Å². The first-order chi connectivity index (χ1) is 15.1. The van der Waals surface area contributed by atoms with Crippen LogP contribution < -0.4 is 0 Å². The first-order valence-electron chi connectivity index (χ1n) is 9.40. The van der Waals surface area contributed by atoms with E-state index in [0.717, 1.165) is 29.0 Å². The summed E-state index contributed by atoms with van der Waals surface area (Å²) in [5, 5.41) is -0.384. The maximum atomic E-state index is 13.1. The fraction of sp³-hybridized carbons (Fsp3) is 0.130. The number of aryl methyl sites for hydroxylation is 1. The number of thiocarbonyl (C=S) groups is 1. The van der Waals surface area contributed by atoms with Gasteiger partial charge in [0.15, 0.2) is 0 Å². The topological polar surface area (TPSA) is 33.5 Å². The van der Waals surface area contributed by atoms with E-state index in [1.165, 1.54) is 17.0 Å². The number of carbonyl (C=O) groups is 1. The van der Waals surface area contributed by atoms with E-state index in [9.17, 15) is 18.0 Å². The van der Waals surface area contributed by atoms with Crippen LogP contribution in [0, 0.1) is 6.92 Å². The van der Waals surface area contributed by atoms with Gasteiger partial charge in [0, 0.05) is 11.6 Å². The van der Waals surface area contributed by atoms with Gasteiger partial charge in [-0.3, -0.25) is 9.69 Å². The first-order valence-corrected chi connectivity index (χ1v) is 11.0. The molecule has 3 nitrogen and oxygen atoms in total. The van der Waals surface area contributed by atoms with Gasteiger partial charge < -0.3 is 4.42 Å². The molecule has 1 saturated heterocycles. The van der Waals surface area contributed by atoms with Crippen LogP contribution in [0.2, 0.25) is 5.02 Å². The van der Waals surface area contributed by atoms with Gasteiger partial charge in [-0.1, -0.05) is 65.4 Å². The third-order valence-corrected chi connectivity index (χ3v) is 6.50. The molecule has 2 aromatic carbocycles. The average Bonchev–Trinajstić information content (AvgIpc) is 3.29. The zero-order valence-corrected chi connectivity index (χ0v) is 19.0. The molecular weight excluding hydrogens is 479 g/mol. The van der Waals surface area contributed by atoms with Crippen molar-refractivity contribution in [1.29, 1.82) is 0 Å². The van der Waals surface area contributed by atoms with Crippen molar-refractivity contribution >= 4 is 51.9 Å². The Bertz CT molecular complexity index is 1230. The molecule has 4 rings (SSSR count). The number of amides is 1. The highest BCUT2D eigenvalue weighted by molar-refractivity contribution is 8.26. The molecule has 1 fully saturated rings. The minimum atomic E-state index is -4.58. The zero-order chi connectivity index (χ0) is 23.0. The van der Waals surface area contributed by atoms with Crippen LogP contribution in [0.1, 0.15) is 22.5 Å². The van der Waals surface area contributed by atoms with Crippen LogP contribution in [0.5, 0.6) is 0 Å². The summed E-state index contributed by atoms with van der Waals surface area (Å²) in [7, 11) is 0. The average molecular weight is 494 g/mol. The van der Waals surface area contributed by atoms with E-state index in [1.807, 2.05) is 31.2 Å². The first kappa shape index (κ1) is 22.6. The zero-order valence-electron chi connectivity index (χ0n) is 16.6. The molecule has 0 bridgehead atoms. The molecule has 1 aromatic heterocycles. The summed E-state index contributed by atoms with van der Waals surface area (Å²) < 4.78 is 45.5. The summed E-state index contributed by atoms with van der Waals surface area (Å²) in [5.74, 6) is 0.317. The maximum Gasteiger partial charge on any atom is 0.417 e. The van der Waals surface area contributed by atoms with E-state index in [2.05, 4.69) is 0 Å². The Balaban J connectivity index is 1.55. The van der Waals surface area contributed by atoms with Crippen LogP contribution in [-0.4, -0.2) is 15.1 Å². The fourth-order valence-electron chi connectivity index (χ4n) is 3.12. The molecule has 0 spiro atoms. The third-order valence-electron chi connectivity index (χ3n) is 4.79. The number of nitrogens with zero attached hydrogens (tertiary/aromatic N) is 1. The van der Waals surface area contributed by atoms with E-state index >= 15 is 0 Å². The number of alkyl halides is 3. The predicted octanol–water partition coefficient (Wildman–Crippen LogP) is 7.33.